The maximum Gasteiger partial charge on any atom is 0.275 e. The van der Waals surface area contributed by atoms with E-state index in [-0.39, 0.29) is 5.91 Å². The number of amides is 1. The minimum atomic E-state index is -0.204. The van der Waals surface area contributed by atoms with E-state index in [1.807, 2.05) is 72.9 Å². The van der Waals surface area contributed by atoms with Crippen LogP contribution in [0.1, 0.15) is 16.1 Å². The summed E-state index contributed by atoms with van der Waals surface area (Å²) in [4.78, 5) is 15.3. The van der Waals surface area contributed by atoms with Gasteiger partial charge < -0.3 is 23.8 Å². The number of hydrogen-bond acceptors (Lipinski definition) is 6. The second-order valence-corrected chi connectivity index (χ2v) is 8.38. The number of ether oxygens (including phenoxy) is 4. The fourth-order valence-electron chi connectivity index (χ4n) is 4.17. The van der Waals surface area contributed by atoms with Gasteiger partial charge in [0.2, 0.25) is 0 Å². The van der Waals surface area contributed by atoms with Crippen LogP contribution in [0.3, 0.4) is 0 Å². The quantitative estimate of drug-likeness (QED) is 0.381. The minimum Gasteiger partial charge on any atom is -0.493 e. The summed E-state index contributed by atoms with van der Waals surface area (Å²) in [5.41, 5.74) is 3.62. The molecule has 0 saturated heterocycles. The Morgan fingerprint density at radius 3 is 2.44 bits per heavy atom. The average Bonchev–Trinajstić information content (AvgIpc) is 3.38. The first-order chi connectivity index (χ1) is 17.6. The molecular weight excluding hydrogens is 458 g/mol. The lowest BCUT2D eigenvalue weighted by Crippen LogP contribution is -2.27. The summed E-state index contributed by atoms with van der Waals surface area (Å²) in [5, 5.41) is 4.70. The summed E-state index contributed by atoms with van der Waals surface area (Å²) in [6, 6.07) is 21.0. The minimum absolute atomic E-state index is 0.204. The number of aromatic nitrogens is 2. The van der Waals surface area contributed by atoms with E-state index in [1.165, 1.54) is 0 Å². The summed E-state index contributed by atoms with van der Waals surface area (Å²) in [6.45, 7) is 1.43. The van der Waals surface area contributed by atoms with Crippen molar-refractivity contribution in [2.75, 3.05) is 34.5 Å². The van der Waals surface area contributed by atoms with Crippen molar-refractivity contribution in [3.8, 4) is 39.8 Å². The highest BCUT2D eigenvalue weighted by Gasteiger charge is 2.23. The Hall–Kier alpha value is -4.46. The lowest BCUT2D eigenvalue weighted by Gasteiger charge is -2.21. The maximum absolute atomic E-state index is 13.7. The molecule has 36 heavy (non-hydrogen) atoms. The number of carbonyl (C=O) groups excluding carboxylic acids is 1. The van der Waals surface area contributed by atoms with Gasteiger partial charge in [0.15, 0.2) is 28.7 Å². The highest BCUT2D eigenvalue weighted by atomic mass is 16.6. The Morgan fingerprint density at radius 2 is 1.69 bits per heavy atom. The van der Waals surface area contributed by atoms with E-state index >= 15 is 0 Å². The fourth-order valence-corrected chi connectivity index (χ4v) is 4.17. The van der Waals surface area contributed by atoms with Crippen LogP contribution < -0.4 is 18.9 Å². The monoisotopic (exact) mass is 485 g/mol. The number of methoxy groups -OCH3 is 2. The molecule has 0 spiro atoms. The first-order valence-corrected chi connectivity index (χ1v) is 11.6. The predicted octanol–water partition coefficient (Wildman–Crippen LogP) is 4.60. The number of benzene rings is 3. The Labute approximate surface area is 209 Å². The molecular formula is C28H27N3O5. The summed E-state index contributed by atoms with van der Waals surface area (Å²) in [6.07, 6.45) is 1.86. The van der Waals surface area contributed by atoms with Crippen LogP contribution >= 0.6 is 0 Å². The molecule has 1 amide bonds. The van der Waals surface area contributed by atoms with Gasteiger partial charge in [-0.3, -0.25) is 4.79 Å². The Balaban J connectivity index is 1.50. The molecule has 0 N–H and O–H groups in total. The van der Waals surface area contributed by atoms with E-state index < -0.39 is 0 Å². The van der Waals surface area contributed by atoms with Gasteiger partial charge in [-0.25, -0.2) is 4.68 Å². The van der Waals surface area contributed by atoms with E-state index in [0.29, 0.717) is 48.3 Å². The van der Waals surface area contributed by atoms with E-state index in [1.54, 1.807) is 30.8 Å². The number of carbonyl (C=O) groups is 1. The van der Waals surface area contributed by atoms with Crippen molar-refractivity contribution < 1.29 is 23.7 Å². The predicted molar refractivity (Wildman–Crippen MR) is 135 cm³/mol. The first-order valence-electron chi connectivity index (χ1n) is 11.6. The van der Waals surface area contributed by atoms with Crippen LogP contribution in [-0.4, -0.2) is 55.1 Å². The topological polar surface area (TPSA) is 75.1 Å². The highest BCUT2D eigenvalue weighted by molar-refractivity contribution is 5.99. The van der Waals surface area contributed by atoms with Crippen molar-refractivity contribution in [2.45, 2.75) is 6.54 Å². The largest absolute Gasteiger partial charge is 0.493 e. The molecule has 5 rings (SSSR count). The molecule has 184 valence electrons. The molecule has 1 aliphatic heterocycles. The van der Waals surface area contributed by atoms with Crippen LogP contribution in [0.15, 0.2) is 72.9 Å². The molecule has 0 saturated carbocycles. The van der Waals surface area contributed by atoms with Gasteiger partial charge in [0.05, 0.1) is 19.9 Å². The maximum atomic E-state index is 13.7. The van der Waals surface area contributed by atoms with Crippen molar-refractivity contribution in [3.05, 3.63) is 84.2 Å². The van der Waals surface area contributed by atoms with Gasteiger partial charge in [-0.15, -0.1) is 0 Å². The third-order valence-electron chi connectivity index (χ3n) is 6.01. The SMILES string of the molecule is COc1ccc(-c2cn(-c3ccccc3)nc2C(=O)N(C)Cc2ccc3c(c2)OCCO3)cc1OC. The summed E-state index contributed by atoms with van der Waals surface area (Å²) in [7, 11) is 4.94. The molecule has 8 nitrogen and oxygen atoms in total. The van der Waals surface area contributed by atoms with Gasteiger partial charge in [0.1, 0.15) is 13.2 Å². The average molecular weight is 486 g/mol. The zero-order chi connectivity index (χ0) is 25.1. The van der Waals surface area contributed by atoms with Gasteiger partial charge in [0, 0.05) is 25.4 Å². The van der Waals surface area contributed by atoms with Crippen molar-refractivity contribution in [1.82, 2.24) is 14.7 Å². The molecule has 3 aromatic carbocycles. The van der Waals surface area contributed by atoms with Crippen molar-refractivity contribution in [1.29, 1.82) is 0 Å². The van der Waals surface area contributed by atoms with Crippen molar-refractivity contribution in [3.63, 3.8) is 0 Å². The standard InChI is InChI=1S/C28H27N3O5/c1-30(17-19-9-11-24-26(15-19)36-14-13-35-24)28(32)27-22(18-31(29-27)21-7-5-4-6-8-21)20-10-12-23(33-2)25(16-20)34-3/h4-12,15-16,18H,13-14,17H2,1-3H3. The Morgan fingerprint density at radius 1 is 0.944 bits per heavy atom. The molecule has 1 aliphatic rings. The van der Waals surface area contributed by atoms with E-state index in [4.69, 9.17) is 24.0 Å². The third kappa shape index (κ3) is 4.57. The molecule has 0 fully saturated rings. The number of fused-ring (bicyclic) bond motifs is 1. The molecule has 0 aliphatic carbocycles. The summed E-state index contributed by atoms with van der Waals surface area (Å²) < 4.78 is 23.9. The highest BCUT2D eigenvalue weighted by Crippen LogP contribution is 2.35. The van der Waals surface area contributed by atoms with Gasteiger partial charge in [-0.1, -0.05) is 30.3 Å². The lowest BCUT2D eigenvalue weighted by atomic mass is 10.0. The summed E-state index contributed by atoms with van der Waals surface area (Å²) in [5.74, 6) is 2.39. The number of para-hydroxylation sites is 1. The molecule has 1 aromatic heterocycles. The fraction of sp³-hybridized carbons (Fsp3) is 0.214. The van der Waals surface area contributed by atoms with Crippen LogP contribution in [0.5, 0.6) is 23.0 Å². The lowest BCUT2D eigenvalue weighted by molar-refractivity contribution is 0.0779. The third-order valence-corrected chi connectivity index (χ3v) is 6.01. The van der Waals surface area contributed by atoms with E-state index in [9.17, 15) is 4.79 Å². The van der Waals surface area contributed by atoms with Crippen molar-refractivity contribution in [2.24, 2.45) is 0 Å². The van der Waals surface area contributed by atoms with Crippen molar-refractivity contribution >= 4 is 5.91 Å². The van der Waals surface area contributed by atoms with Crippen LogP contribution in [0, 0.1) is 0 Å². The normalized spacial score (nSPS) is 12.2. The summed E-state index contributed by atoms with van der Waals surface area (Å²) >= 11 is 0. The Bertz CT molecular complexity index is 1380. The molecule has 2 heterocycles. The zero-order valence-electron chi connectivity index (χ0n) is 20.4. The zero-order valence-corrected chi connectivity index (χ0v) is 20.4. The molecule has 0 atom stereocenters. The number of nitrogens with zero attached hydrogens (tertiary/aromatic N) is 3. The molecule has 0 unspecified atom stereocenters. The van der Waals surface area contributed by atoms with Crippen LogP contribution in [-0.2, 0) is 6.54 Å². The second kappa shape index (κ2) is 10.0. The molecule has 0 bridgehead atoms. The second-order valence-electron chi connectivity index (χ2n) is 8.38. The van der Waals surface area contributed by atoms with Gasteiger partial charge in [-0.05, 0) is 47.5 Å². The van der Waals surface area contributed by atoms with E-state index in [2.05, 4.69) is 0 Å². The van der Waals surface area contributed by atoms with Gasteiger partial charge >= 0.3 is 0 Å². The number of rotatable bonds is 7. The van der Waals surface area contributed by atoms with Crippen LogP contribution in [0.4, 0.5) is 0 Å². The smallest absolute Gasteiger partial charge is 0.275 e. The first kappa shape index (κ1) is 23.3. The molecule has 4 aromatic rings. The molecule has 8 heteroatoms. The van der Waals surface area contributed by atoms with Crippen LogP contribution in [0.2, 0.25) is 0 Å². The van der Waals surface area contributed by atoms with Crippen LogP contribution in [0.25, 0.3) is 16.8 Å². The molecule has 0 radical (unpaired) electrons. The van der Waals surface area contributed by atoms with Gasteiger partial charge in [0.25, 0.3) is 5.91 Å². The number of hydrogen-bond donors (Lipinski definition) is 0. The van der Waals surface area contributed by atoms with Gasteiger partial charge in [-0.2, -0.15) is 5.10 Å². The Kier molecular flexibility index (Phi) is 6.49. The van der Waals surface area contributed by atoms with E-state index in [0.717, 1.165) is 22.6 Å².